The Kier molecular flexibility index (Phi) is 17.2. The van der Waals surface area contributed by atoms with Gasteiger partial charge in [-0.15, -0.1) is 34.0 Å². The van der Waals surface area contributed by atoms with Crippen LogP contribution in [0.3, 0.4) is 0 Å². The van der Waals surface area contributed by atoms with Crippen molar-refractivity contribution >= 4 is 160 Å². The van der Waals surface area contributed by atoms with Gasteiger partial charge in [0.2, 0.25) is 5.95 Å². The summed E-state index contributed by atoms with van der Waals surface area (Å²) in [5, 5.41) is 15.4. The quantitative estimate of drug-likeness (QED) is 0.134. The normalized spacial score (nSPS) is 11.7. The van der Waals surface area contributed by atoms with E-state index in [4.69, 9.17) is 34.9 Å². The molecule has 0 aliphatic carbocycles. The molecule has 0 atom stereocenters. The van der Waals surface area contributed by atoms with E-state index < -0.39 is 0 Å². The zero-order valence-corrected chi connectivity index (χ0v) is 66.8. The van der Waals surface area contributed by atoms with Gasteiger partial charge in [-0.25, -0.2) is 24.9 Å². The first kappa shape index (κ1) is 70.2. The minimum atomic E-state index is 0.615. The van der Waals surface area contributed by atoms with E-state index in [0.717, 1.165) is 101 Å². The van der Waals surface area contributed by atoms with Crippen LogP contribution >= 0.6 is 34.0 Å². The van der Waals surface area contributed by atoms with Gasteiger partial charge >= 0.3 is 0 Å². The third-order valence-electron chi connectivity index (χ3n) is 22.7. The number of para-hydroxylation sites is 3. The highest BCUT2D eigenvalue weighted by atomic mass is 32.1. The standard InChI is InChI=1S/C40H25N3S.C34H21N3S.C33H20N4S/c1-3-11-26(12-4-1)33-25-34(42-40(41-33)28-13-5-2-6-14-28)27-19-21-29(22-20-27)43-35-17-9-7-16-32(35)38-36(43)24-23-31-30-15-8-10-18-37(30)44-39(31)38;1-3-11-22(12-4-1)27-21-31(36-34(35-27)23-13-5-2-6-14-23)37-28-17-9-7-16-26(28)32-29(37)20-19-25-24-15-8-10-18-30(24)38-33(25)32;1-3-11-21(12-4-1)31-34-32(22-13-5-2-6-14-22)36-33(35-31)37-26-17-9-7-16-25(26)29-27(37)20-19-24-23-15-8-10-18-28(23)38-30(24)29/h1-25H;1-21H;1-20H. The molecule has 25 rings (SSSR count). The fraction of sp³-hybridized carbons (Fsp3) is 0. The van der Waals surface area contributed by atoms with Gasteiger partial charge in [-0.1, -0.05) is 322 Å². The van der Waals surface area contributed by atoms with Crippen LogP contribution in [0.15, 0.2) is 400 Å². The van der Waals surface area contributed by atoms with Crippen LogP contribution in [-0.2, 0) is 0 Å². The average molecular weight is 1590 g/mol. The Hall–Kier alpha value is -15.3. The Morgan fingerprint density at radius 2 is 0.475 bits per heavy atom. The maximum absolute atomic E-state index is 5.15. The van der Waals surface area contributed by atoms with E-state index >= 15 is 0 Å². The Balaban J connectivity index is 0.000000105. The summed E-state index contributed by atoms with van der Waals surface area (Å²) in [5.41, 5.74) is 17.9. The third kappa shape index (κ3) is 12.2. The summed E-state index contributed by atoms with van der Waals surface area (Å²) in [7, 11) is 0. The van der Waals surface area contributed by atoms with Gasteiger partial charge in [-0.05, 0) is 72.8 Å². The molecule has 0 fully saturated rings. The molecule has 9 aromatic heterocycles. The summed E-state index contributed by atoms with van der Waals surface area (Å²) < 4.78 is 14.8. The van der Waals surface area contributed by atoms with Crippen molar-refractivity contribution in [2.24, 2.45) is 0 Å². The number of thiophene rings is 3. The Labute approximate surface area is 700 Å². The predicted molar refractivity (Wildman–Crippen MR) is 504 cm³/mol. The van der Waals surface area contributed by atoms with Crippen LogP contribution in [0.2, 0.25) is 0 Å². The van der Waals surface area contributed by atoms with Gasteiger partial charge < -0.3 is 4.57 Å². The summed E-state index contributed by atoms with van der Waals surface area (Å²) >= 11 is 5.60. The van der Waals surface area contributed by atoms with Crippen LogP contribution in [-0.4, -0.2) is 48.6 Å². The number of aromatic nitrogens is 10. The fourth-order valence-corrected chi connectivity index (χ4v) is 21.0. The number of benzene rings is 16. The second-order valence-electron chi connectivity index (χ2n) is 29.8. The molecule has 120 heavy (non-hydrogen) atoms. The highest BCUT2D eigenvalue weighted by Gasteiger charge is 2.25. The maximum atomic E-state index is 5.15. The topological polar surface area (TPSA) is 105 Å². The zero-order chi connectivity index (χ0) is 79.1. The largest absolute Gasteiger partial charge is 0.309 e. The van der Waals surface area contributed by atoms with Crippen molar-refractivity contribution in [1.29, 1.82) is 0 Å². The number of fused-ring (bicyclic) bond motifs is 21. The van der Waals surface area contributed by atoms with Crippen molar-refractivity contribution in [2.45, 2.75) is 0 Å². The van der Waals surface area contributed by atoms with Crippen molar-refractivity contribution in [2.75, 3.05) is 0 Å². The molecule has 25 aromatic rings. The number of hydrogen-bond acceptors (Lipinski definition) is 10. The van der Waals surface area contributed by atoms with Gasteiger partial charge in [0.25, 0.3) is 0 Å². The molecule has 0 bridgehead atoms. The molecule has 0 saturated heterocycles. The Morgan fingerprint density at radius 1 is 0.183 bits per heavy atom. The van der Waals surface area contributed by atoms with E-state index in [-0.39, 0.29) is 0 Å². The molecule has 0 amide bonds. The smallest absolute Gasteiger partial charge is 0.238 e. The fourth-order valence-electron chi connectivity index (χ4n) is 17.2. The highest BCUT2D eigenvalue weighted by Crippen LogP contribution is 2.48. The molecule has 0 saturated carbocycles. The molecule has 0 unspecified atom stereocenters. The lowest BCUT2D eigenvalue weighted by atomic mass is 10.1. The number of nitrogens with zero attached hydrogens (tertiary/aromatic N) is 10. The molecule has 0 aliphatic rings. The van der Waals surface area contributed by atoms with Gasteiger partial charge in [0.05, 0.1) is 50.2 Å². The predicted octanol–water partition coefficient (Wildman–Crippen LogP) is 28.9. The molecule has 0 spiro atoms. The molecule has 562 valence electrons. The van der Waals surface area contributed by atoms with Crippen LogP contribution in [0, 0.1) is 0 Å². The van der Waals surface area contributed by atoms with Crippen LogP contribution in [0.25, 0.3) is 223 Å². The SMILES string of the molecule is c1ccc(-c2cc(-c3ccc(-n4c5ccccc5c5c6sc7ccccc7c6ccc54)cc3)nc(-c3ccccc3)n2)cc1.c1ccc(-c2cc(-n3c4ccccc4c4c5sc6ccccc6c5ccc43)nc(-c3ccccc3)n2)cc1.c1ccc(-c2nc(-c3ccccc3)nc(-n3c4ccccc4c4c5sc6ccccc6c5ccc43)n2)cc1. The van der Waals surface area contributed by atoms with Gasteiger partial charge in [0, 0.05) is 144 Å². The second kappa shape index (κ2) is 29.5. The van der Waals surface area contributed by atoms with Crippen molar-refractivity contribution < 1.29 is 0 Å². The first-order chi connectivity index (χ1) is 59.5. The molecular formula is C107H66N10S3. The van der Waals surface area contributed by atoms with Crippen LogP contribution in [0.1, 0.15) is 0 Å². The first-order valence-electron chi connectivity index (χ1n) is 40.0. The lowest BCUT2D eigenvalue weighted by molar-refractivity contribution is 0.953. The van der Waals surface area contributed by atoms with Crippen molar-refractivity contribution in [3.05, 3.63) is 400 Å². The minimum absolute atomic E-state index is 0.615. The van der Waals surface area contributed by atoms with Crippen molar-refractivity contribution in [3.8, 4) is 96.8 Å². The van der Waals surface area contributed by atoms with Gasteiger partial charge in [0.1, 0.15) is 5.82 Å². The van der Waals surface area contributed by atoms with Gasteiger partial charge in [0.15, 0.2) is 23.3 Å². The summed E-state index contributed by atoms with van der Waals surface area (Å²) in [6, 6.07) is 140. The average Bonchev–Trinajstić information content (AvgIpc) is 1.57. The first-order valence-corrected chi connectivity index (χ1v) is 42.5. The van der Waals surface area contributed by atoms with E-state index in [0.29, 0.717) is 17.6 Å². The van der Waals surface area contributed by atoms with Gasteiger partial charge in [-0.2, -0.15) is 9.97 Å². The molecule has 10 nitrogen and oxygen atoms in total. The van der Waals surface area contributed by atoms with Crippen LogP contribution < -0.4 is 0 Å². The molecule has 9 heterocycles. The lowest BCUT2D eigenvalue weighted by Crippen LogP contribution is -2.06. The summed E-state index contributed by atoms with van der Waals surface area (Å²) in [6.07, 6.45) is 0. The number of rotatable bonds is 10. The van der Waals surface area contributed by atoms with Crippen molar-refractivity contribution in [1.82, 2.24) is 48.6 Å². The maximum Gasteiger partial charge on any atom is 0.238 e. The molecule has 0 aliphatic heterocycles. The van der Waals surface area contributed by atoms with E-state index in [1.54, 1.807) is 0 Å². The third-order valence-corrected chi connectivity index (χ3v) is 26.3. The molecule has 16 aromatic carbocycles. The van der Waals surface area contributed by atoms with E-state index in [1.165, 1.54) is 104 Å². The van der Waals surface area contributed by atoms with Crippen LogP contribution in [0.5, 0.6) is 0 Å². The Bertz CT molecular complexity index is 7780. The van der Waals surface area contributed by atoms with E-state index in [1.807, 2.05) is 155 Å². The van der Waals surface area contributed by atoms with E-state index in [9.17, 15) is 0 Å². The minimum Gasteiger partial charge on any atom is -0.309 e. The second-order valence-corrected chi connectivity index (χ2v) is 32.9. The lowest BCUT2D eigenvalue weighted by Gasteiger charge is -2.12. The van der Waals surface area contributed by atoms with Crippen LogP contribution in [0.4, 0.5) is 0 Å². The molecule has 13 heteroatoms. The summed E-state index contributed by atoms with van der Waals surface area (Å²) in [4.78, 5) is 35.1. The highest BCUT2D eigenvalue weighted by molar-refractivity contribution is 7.27. The van der Waals surface area contributed by atoms with Gasteiger partial charge in [-0.3, -0.25) is 9.13 Å². The molecule has 0 N–H and O–H groups in total. The summed E-state index contributed by atoms with van der Waals surface area (Å²) in [6.45, 7) is 0. The van der Waals surface area contributed by atoms with Crippen molar-refractivity contribution in [3.63, 3.8) is 0 Å². The monoisotopic (exact) mass is 1590 g/mol. The molecule has 0 radical (unpaired) electrons. The Morgan fingerprint density at radius 3 is 0.875 bits per heavy atom. The zero-order valence-electron chi connectivity index (χ0n) is 64.3. The number of hydrogen-bond donors (Lipinski definition) is 0. The van der Waals surface area contributed by atoms with E-state index in [2.05, 4.69) is 293 Å². The summed E-state index contributed by atoms with van der Waals surface area (Å²) in [5.74, 6) is 4.23. The molecular weight excluding hydrogens is 1520 g/mol.